The molecule has 1 N–H and O–H groups in total. The van der Waals surface area contributed by atoms with E-state index in [9.17, 15) is 0 Å². The van der Waals surface area contributed by atoms with E-state index in [0.717, 1.165) is 19.5 Å². The average Bonchev–Trinajstić information content (AvgIpc) is 2.40. The number of benzene rings is 1. The van der Waals surface area contributed by atoms with Gasteiger partial charge in [0.05, 0.1) is 12.1 Å². The Morgan fingerprint density at radius 2 is 2.29 bits per heavy atom. The number of fused-ring (bicyclic) bond motifs is 1. The van der Waals surface area contributed by atoms with Gasteiger partial charge in [-0.25, -0.2) is 0 Å². The van der Waals surface area contributed by atoms with Crippen LogP contribution in [0, 0.1) is 11.3 Å². The van der Waals surface area contributed by atoms with E-state index in [0.29, 0.717) is 0 Å². The molecule has 0 aliphatic carbocycles. The van der Waals surface area contributed by atoms with Crippen molar-refractivity contribution in [3.63, 3.8) is 0 Å². The third-order valence-corrected chi connectivity index (χ3v) is 3.40. The van der Waals surface area contributed by atoms with Crippen molar-refractivity contribution in [3.8, 4) is 6.07 Å². The molecule has 1 aromatic rings. The van der Waals surface area contributed by atoms with Crippen LogP contribution in [0.25, 0.3) is 0 Å². The van der Waals surface area contributed by atoms with Gasteiger partial charge < -0.3 is 10.2 Å². The molecule has 0 amide bonds. The van der Waals surface area contributed by atoms with Crippen LogP contribution in [0.1, 0.15) is 18.4 Å². The lowest BCUT2D eigenvalue weighted by Crippen LogP contribution is -2.34. The minimum Gasteiger partial charge on any atom is -0.371 e. The predicted octanol–water partition coefficient (Wildman–Crippen LogP) is 1.94. The van der Waals surface area contributed by atoms with E-state index in [-0.39, 0.29) is 6.04 Å². The zero-order valence-electron chi connectivity index (χ0n) is 10.3. The summed E-state index contributed by atoms with van der Waals surface area (Å²) in [5.41, 5.74) is 2.79. The van der Waals surface area contributed by atoms with Crippen LogP contribution in [-0.4, -0.2) is 26.2 Å². The van der Waals surface area contributed by atoms with Crippen molar-refractivity contribution in [2.75, 3.05) is 25.0 Å². The highest BCUT2D eigenvalue weighted by atomic mass is 15.1. The zero-order valence-corrected chi connectivity index (χ0v) is 10.3. The lowest BCUT2D eigenvalue weighted by atomic mass is 10.0. The molecule has 1 aromatic carbocycles. The van der Waals surface area contributed by atoms with Gasteiger partial charge in [0, 0.05) is 18.8 Å². The van der Waals surface area contributed by atoms with Crippen LogP contribution >= 0.6 is 0 Å². The van der Waals surface area contributed by atoms with Crippen LogP contribution in [-0.2, 0) is 6.42 Å². The van der Waals surface area contributed by atoms with Gasteiger partial charge in [-0.05, 0) is 37.9 Å². The smallest absolute Gasteiger partial charge is 0.0967 e. The number of aryl methyl sites for hydroxylation is 1. The second kappa shape index (κ2) is 5.70. The molecule has 1 aliphatic rings. The van der Waals surface area contributed by atoms with E-state index in [4.69, 9.17) is 5.26 Å². The molecule has 90 valence electrons. The van der Waals surface area contributed by atoms with Gasteiger partial charge in [-0.15, -0.1) is 0 Å². The molecular formula is C14H19N3. The highest BCUT2D eigenvalue weighted by Crippen LogP contribution is 2.26. The molecule has 0 radical (unpaired) electrons. The third-order valence-electron chi connectivity index (χ3n) is 3.40. The Morgan fingerprint density at radius 1 is 1.47 bits per heavy atom. The van der Waals surface area contributed by atoms with Crippen LogP contribution in [0.3, 0.4) is 0 Å². The minimum atomic E-state index is -0.0379. The van der Waals surface area contributed by atoms with Crippen molar-refractivity contribution in [1.82, 2.24) is 5.32 Å². The molecular weight excluding hydrogens is 210 g/mol. The molecule has 17 heavy (non-hydrogen) atoms. The van der Waals surface area contributed by atoms with Crippen molar-refractivity contribution in [2.24, 2.45) is 0 Å². The van der Waals surface area contributed by atoms with E-state index in [1.54, 1.807) is 0 Å². The van der Waals surface area contributed by atoms with Gasteiger partial charge in [0.15, 0.2) is 0 Å². The largest absolute Gasteiger partial charge is 0.371 e. The minimum absolute atomic E-state index is 0.0379. The van der Waals surface area contributed by atoms with Crippen LogP contribution in [0.5, 0.6) is 0 Å². The number of nitrogens with zero attached hydrogens (tertiary/aromatic N) is 2. The Bertz CT molecular complexity index is 408. The number of hydrogen-bond acceptors (Lipinski definition) is 3. The Morgan fingerprint density at radius 3 is 3.06 bits per heavy atom. The van der Waals surface area contributed by atoms with Crippen LogP contribution in [0.2, 0.25) is 0 Å². The first kappa shape index (κ1) is 11.9. The highest BCUT2D eigenvalue weighted by Gasteiger charge is 2.16. The number of nitriles is 1. The molecule has 3 nitrogen and oxygen atoms in total. The van der Waals surface area contributed by atoms with Gasteiger partial charge in [-0.2, -0.15) is 5.26 Å². The molecule has 0 saturated carbocycles. The van der Waals surface area contributed by atoms with E-state index >= 15 is 0 Å². The van der Waals surface area contributed by atoms with Crippen LogP contribution in [0.4, 0.5) is 5.69 Å². The first-order chi connectivity index (χ1) is 8.35. The van der Waals surface area contributed by atoms with Gasteiger partial charge in [-0.1, -0.05) is 18.2 Å². The fourth-order valence-electron chi connectivity index (χ4n) is 2.40. The lowest BCUT2D eigenvalue weighted by Gasteiger charge is -2.31. The average molecular weight is 229 g/mol. The maximum absolute atomic E-state index is 8.92. The van der Waals surface area contributed by atoms with Crippen LogP contribution in [0.15, 0.2) is 24.3 Å². The molecule has 0 fully saturated rings. The Balaban J connectivity index is 2.02. The molecule has 1 aliphatic heterocycles. The van der Waals surface area contributed by atoms with Gasteiger partial charge in [-0.3, -0.25) is 0 Å². The molecule has 1 unspecified atom stereocenters. The summed E-state index contributed by atoms with van der Waals surface area (Å²) >= 11 is 0. The summed E-state index contributed by atoms with van der Waals surface area (Å²) in [6.45, 7) is 2.06. The normalized spacial score (nSPS) is 16.1. The second-order valence-corrected chi connectivity index (χ2v) is 4.48. The fraction of sp³-hybridized carbons (Fsp3) is 0.500. The standard InChI is InChI=1S/C14H19N3/c1-16-13(11-15)8-10-17-9-4-6-12-5-2-3-7-14(12)17/h2-3,5,7,13,16H,4,6,8-10H2,1H3. The zero-order chi connectivity index (χ0) is 12.1. The van der Waals surface area contributed by atoms with Gasteiger partial charge >= 0.3 is 0 Å². The molecule has 1 atom stereocenters. The lowest BCUT2D eigenvalue weighted by molar-refractivity contribution is 0.591. The number of para-hydroxylation sites is 1. The van der Waals surface area contributed by atoms with E-state index in [2.05, 4.69) is 40.6 Å². The summed E-state index contributed by atoms with van der Waals surface area (Å²) in [4.78, 5) is 2.40. The SMILES string of the molecule is CNC(C#N)CCN1CCCc2ccccc21. The summed E-state index contributed by atoms with van der Waals surface area (Å²) < 4.78 is 0. The van der Waals surface area contributed by atoms with E-state index in [1.807, 2.05) is 7.05 Å². The number of anilines is 1. The molecule has 0 aromatic heterocycles. The summed E-state index contributed by atoms with van der Waals surface area (Å²) in [7, 11) is 1.85. The van der Waals surface area contributed by atoms with Crippen molar-refractivity contribution < 1.29 is 0 Å². The summed E-state index contributed by atoms with van der Waals surface area (Å²) in [5.74, 6) is 0. The Labute approximate surface area is 103 Å². The fourth-order valence-corrected chi connectivity index (χ4v) is 2.40. The molecule has 0 spiro atoms. The first-order valence-electron chi connectivity index (χ1n) is 6.25. The van der Waals surface area contributed by atoms with Crippen LogP contribution < -0.4 is 10.2 Å². The molecule has 3 heteroatoms. The van der Waals surface area contributed by atoms with E-state index in [1.165, 1.54) is 24.1 Å². The monoisotopic (exact) mass is 229 g/mol. The van der Waals surface area contributed by atoms with E-state index < -0.39 is 0 Å². The first-order valence-corrected chi connectivity index (χ1v) is 6.25. The molecule has 0 bridgehead atoms. The Hall–Kier alpha value is -1.53. The molecule has 1 heterocycles. The van der Waals surface area contributed by atoms with Crippen molar-refractivity contribution in [3.05, 3.63) is 29.8 Å². The summed E-state index contributed by atoms with van der Waals surface area (Å²) in [6.07, 6.45) is 3.27. The maximum atomic E-state index is 8.92. The quantitative estimate of drug-likeness (QED) is 0.857. The highest BCUT2D eigenvalue weighted by molar-refractivity contribution is 5.55. The topological polar surface area (TPSA) is 39.1 Å². The van der Waals surface area contributed by atoms with Gasteiger partial charge in [0.1, 0.15) is 0 Å². The molecule has 0 saturated heterocycles. The van der Waals surface area contributed by atoms with Gasteiger partial charge in [0.25, 0.3) is 0 Å². The van der Waals surface area contributed by atoms with Crippen molar-refractivity contribution in [2.45, 2.75) is 25.3 Å². The van der Waals surface area contributed by atoms with Crippen molar-refractivity contribution >= 4 is 5.69 Å². The van der Waals surface area contributed by atoms with Gasteiger partial charge in [0.2, 0.25) is 0 Å². The summed E-state index contributed by atoms with van der Waals surface area (Å²) in [5, 5.41) is 11.9. The number of rotatable bonds is 4. The predicted molar refractivity (Wildman–Crippen MR) is 70.1 cm³/mol. The second-order valence-electron chi connectivity index (χ2n) is 4.48. The number of nitrogens with one attached hydrogen (secondary N) is 1. The van der Waals surface area contributed by atoms with Crippen molar-refractivity contribution in [1.29, 1.82) is 5.26 Å². The third kappa shape index (κ3) is 2.78. The summed E-state index contributed by atoms with van der Waals surface area (Å²) in [6, 6.07) is 10.8. The Kier molecular flexibility index (Phi) is 4.00. The molecule has 2 rings (SSSR count). The maximum Gasteiger partial charge on any atom is 0.0967 e. The number of hydrogen-bond donors (Lipinski definition) is 1.